The molecule has 1 aliphatic carbocycles. The molecule has 1 amide bonds. The molecule has 1 fully saturated rings. The fourth-order valence-electron chi connectivity index (χ4n) is 2.96. The van der Waals surface area contributed by atoms with E-state index in [0.717, 1.165) is 19.3 Å². The molecular weight excluding hydrogens is 222 g/mol. The third-order valence-corrected chi connectivity index (χ3v) is 4.12. The average molecular weight is 253 g/mol. The lowest BCUT2D eigenvalue weighted by Gasteiger charge is -2.25. The van der Waals surface area contributed by atoms with Crippen molar-refractivity contribution in [3.63, 3.8) is 0 Å². The third-order valence-electron chi connectivity index (χ3n) is 4.12. The van der Waals surface area contributed by atoms with Gasteiger partial charge in [-0.25, -0.2) is 0 Å². The van der Waals surface area contributed by atoms with Gasteiger partial charge >= 0.3 is 0 Å². The van der Waals surface area contributed by atoms with E-state index in [1.165, 1.54) is 51.4 Å². The second-order valence-corrected chi connectivity index (χ2v) is 5.82. The van der Waals surface area contributed by atoms with Crippen molar-refractivity contribution >= 4 is 5.91 Å². The Balaban J connectivity index is 2.31. The van der Waals surface area contributed by atoms with Crippen LogP contribution in [-0.4, -0.2) is 11.9 Å². The van der Waals surface area contributed by atoms with Crippen LogP contribution >= 0.6 is 0 Å². The van der Waals surface area contributed by atoms with Crippen LogP contribution in [0.25, 0.3) is 0 Å². The van der Waals surface area contributed by atoms with E-state index in [-0.39, 0.29) is 0 Å². The molecule has 0 aromatic carbocycles. The quantitative estimate of drug-likeness (QED) is 0.637. The Morgan fingerprint density at radius 1 is 1.06 bits per heavy atom. The maximum absolute atomic E-state index is 12.2. The van der Waals surface area contributed by atoms with Gasteiger partial charge < -0.3 is 5.32 Å². The number of hydrogen-bond acceptors (Lipinski definition) is 1. The molecule has 0 aromatic rings. The van der Waals surface area contributed by atoms with Crippen LogP contribution in [0.4, 0.5) is 0 Å². The molecule has 1 unspecified atom stereocenters. The first-order valence-electron chi connectivity index (χ1n) is 8.08. The van der Waals surface area contributed by atoms with E-state index in [2.05, 4.69) is 19.2 Å². The highest BCUT2D eigenvalue weighted by molar-refractivity contribution is 5.79. The highest BCUT2D eigenvalue weighted by Gasteiger charge is 2.22. The minimum Gasteiger partial charge on any atom is -0.353 e. The average Bonchev–Trinajstić information content (AvgIpc) is 2.40. The molecule has 1 N–H and O–H groups in total. The van der Waals surface area contributed by atoms with Crippen LogP contribution in [0, 0.1) is 5.92 Å². The lowest BCUT2D eigenvalue weighted by atomic mass is 9.88. The first-order chi connectivity index (χ1) is 8.77. The first kappa shape index (κ1) is 15.5. The van der Waals surface area contributed by atoms with Crippen LogP contribution in [0.2, 0.25) is 0 Å². The Morgan fingerprint density at radius 2 is 1.78 bits per heavy atom. The second kappa shape index (κ2) is 9.41. The molecule has 0 heterocycles. The van der Waals surface area contributed by atoms with Crippen molar-refractivity contribution in [2.45, 2.75) is 90.5 Å². The summed E-state index contributed by atoms with van der Waals surface area (Å²) in [4.78, 5) is 12.2. The summed E-state index contributed by atoms with van der Waals surface area (Å²) < 4.78 is 0. The maximum Gasteiger partial charge on any atom is 0.223 e. The SMILES string of the molecule is CCCCCC(CCC)NC(=O)C1CCCCC1. The molecule has 0 bridgehead atoms. The molecule has 1 aliphatic rings. The smallest absolute Gasteiger partial charge is 0.223 e. The molecule has 0 spiro atoms. The maximum atomic E-state index is 12.2. The molecule has 1 saturated carbocycles. The predicted molar refractivity (Wildman–Crippen MR) is 77.6 cm³/mol. The van der Waals surface area contributed by atoms with Crippen LogP contribution in [0.3, 0.4) is 0 Å². The topological polar surface area (TPSA) is 29.1 Å². The van der Waals surface area contributed by atoms with Gasteiger partial charge in [0.25, 0.3) is 0 Å². The van der Waals surface area contributed by atoms with Crippen LogP contribution in [0.1, 0.15) is 84.5 Å². The largest absolute Gasteiger partial charge is 0.353 e. The Labute approximate surface area is 113 Å². The minimum absolute atomic E-state index is 0.310. The van der Waals surface area contributed by atoms with E-state index < -0.39 is 0 Å². The van der Waals surface area contributed by atoms with Crippen molar-refractivity contribution in [3.05, 3.63) is 0 Å². The van der Waals surface area contributed by atoms with Gasteiger partial charge in [-0.15, -0.1) is 0 Å². The fourth-order valence-corrected chi connectivity index (χ4v) is 2.96. The summed E-state index contributed by atoms with van der Waals surface area (Å²) >= 11 is 0. The number of carbonyl (C=O) groups excluding carboxylic acids is 1. The van der Waals surface area contributed by atoms with Gasteiger partial charge in [-0.05, 0) is 25.7 Å². The van der Waals surface area contributed by atoms with Crippen molar-refractivity contribution in [2.75, 3.05) is 0 Å². The van der Waals surface area contributed by atoms with Gasteiger partial charge in [-0.2, -0.15) is 0 Å². The molecule has 2 nitrogen and oxygen atoms in total. The number of unbranched alkanes of at least 4 members (excludes halogenated alkanes) is 2. The van der Waals surface area contributed by atoms with Gasteiger partial charge in [0, 0.05) is 12.0 Å². The third kappa shape index (κ3) is 5.88. The van der Waals surface area contributed by atoms with Crippen LogP contribution in [0.15, 0.2) is 0 Å². The van der Waals surface area contributed by atoms with E-state index in [1.54, 1.807) is 0 Å². The Kier molecular flexibility index (Phi) is 8.11. The molecule has 18 heavy (non-hydrogen) atoms. The standard InChI is InChI=1S/C16H31NO/c1-3-5-7-13-15(10-4-2)17-16(18)14-11-8-6-9-12-14/h14-15H,3-13H2,1-2H3,(H,17,18). The minimum atomic E-state index is 0.310. The highest BCUT2D eigenvalue weighted by atomic mass is 16.1. The zero-order valence-electron chi connectivity index (χ0n) is 12.3. The van der Waals surface area contributed by atoms with Gasteiger partial charge in [0.2, 0.25) is 5.91 Å². The summed E-state index contributed by atoms with van der Waals surface area (Å²) in [5.41, 5.74) is 0. The number of rotatable bonds is 8. The summed E-state index contributed by atoms with van der Waals surface area (Å²) in [5, 5.41) is 3.31. The summed E-state index contributed by atoms with van der Waals surface area (Å²) in [5.74, 6) is 0.647. The molecule has 1 rings (SSSR count). The Hall–Kier alpha value is -0.530. The lowest BCUT2D eigenvalue weighted by Crippen LogP contribution is -2.39. The van der Waals surface area contributed by atoms with Crippen molar-refractivity contribution in [3.8, 4) is 0 Å². The van der Waals surface area contributed by atoms with E-state index in [1.807, 2.05) is 0 Å². The van der Waals surface area contributed by atoms with E-state index in [0.29, 0.717) is 17.9 Å². The molecule has 106 valence electrons. The van der Waals surface area contributed by atoms with Gasteiger partial charge in [0.15, 0.2) is 0 Å². The van der Waals surface area contributed by atoms with E-state index in [9.17, 15) is 4.79 Å². The normalized spacial score (nSPS) is 18.6. The monoisotopic (exact) mass is 253 g/mol. The predicted octanol–water partition coefficient (Wildman–Crippen LogP) is 4.43. The van der Waals surface area contributed by atoms with Gasteiger partial charge in [0.1, 0.15) is 0 Å². The summed E-state index contributed by atoms with van der Waals surface area (Å²) in [6, 6.07) is 0.427. The number of carbonyl (C=O) groups is 1. The van der Waals surface area contributed by atoms with Gasteiger partial charge in [0.05, 0.1) is 0 Å². The molecule has 0 saturated heterocycles. The van der Waals surface area contributed by atoms with Crippen molar-refractivity contribution in [1.29, 1.82) is 0 Å². The van der Waals surface area contributed by atoms with Crippen molar-refractivity contribution in [1.82, 2.24) is 5.32 Å². The van der Waals surface area contributed by atoms with Gasteiger partial charge in [-0.3, -0.25) is 4.79 Å². The molecule has 0 aromatic heterocycles. The zero-order chi connectivity index (χ0) is 13.2. The number of amides is 1. The molecule has 0 radical (unpaired) electrons. The number of nitrogens with one attached hydrogen (secondary N) is 1. The van der Waals surface area contributed by atoms with Crippen LogP contribution in [0.5, 0.6) is 0 Å². The number of hydrogen-bond donors (Lipinski definition) is 1. The van der Waals surface area contributed by atoms with E-state index in [4.69, 9.17) is 0 Å². The Morgan fingerprint density at radius 3 is 2.39 bits per heavy atom. The van der Waals surface area contributed by atoms with Crippen molar-refractivity contribution < 1.29 is 4.79 Å². The molecular formula is C16H31NO. The second-order valence-electron chi connectivity index (χ2n) is 5.82. The van der Waals surface area contributed by atoms with Crippen LogP contribution < -0.4 is 5.32 Å². The highest BCUT2D eigenvalue weighted by Crippen LogP contribution is 2.24. The summed E-state index contributed by atoms with van der Waals surface area (Å²) in [7, 11) is 0. The first-order valence-corrected chi connectivity index (χ1v) is 8.08. The summed E-state index contributed by atoms with van der Waals surface area (Å²) in [6.07, 6.45) is 13.3. The fraction of sp³-hybridized carbons (Fsp3) is 0.938. The zero-order valence-corrected chi connectivity index (χ0v) is 12.3. The van der Waals surface area contributed by atoms with Crippen LogP contribution in [-0.2, 0) is 4.79 Å². The Bertz CT molecular complexity index is 221. The van der Waals surface area contributed by atoms with Crippen molar-refractivity contribution in [2.24, 2.45) is 5.92 Å². The summed E-state index contributed by atoms with van der Waals surface area (Å²) in [6.45, 7) is 4.44. The molecule has 1 atom stereocenters. The van der Waals surface area contributed by atoms with E-state index >= 15 is 0 Å². The molecule has 2 heteroatoms. The van der Waals surface area contributed by atoms with Gasteiger partial charge in [-0.1, -0.05) is 58.8 Å². The molecule has 0 aliphatic heterocycles. The lowest BCUT2D eigenvalue weighted by molar-refractivity contribution is -0.126.